The first-order chi connectivity index (χ1) is 11.4. The Balaban J connectivity index is 1.90. The van der Waals surface area contributed by atoms with E-state index in [2.05, 4.69) is 0 Å². The van der Waals surface area contributed by atoms with E-state index in [1.807, 2.05) is 0 Å². The molecule has 2 heterocycles. The zero-order chi connectivity index (χ0) is 17.4. The highest BCUT2D eigenvalue weighted by Crippen LogP contribution is 2.27. The highest BCUT2D eigenvalue weighted by Gasteiger charge is 2.28. The third kappa shape index (κ3) is 2.61. The number of benzene rings is 1. The summed E-state index contributed by atoms with van der Waals surface area (Å²) in [6.07, 6.45) is 1.94. The van der Waals surface area contributed by atoms with E-state index in [0.717, 1.165) is 6.07 Å². The van der Waals surface area contributed by atoms with Crippen molar-refractivity contribution >= 4 is 11.8 Å². The molecule has 0 saturated heterocycles. The van der Waals surface area contributed by atoms with E-state index >= 15 is 0 Å². The molecule has 0 atom stereocenters. The maximum absolute atomic E-state index is 14.3. The molecule has 126 valence electrons. The van der Waals surface area contributed by atoms with Gasteiger partial charge in [0.25, 0.3) is 11.8 Å². The van der Waals surface area contributed by atoms with Gasteiger partial charge in [0.1, 0.15) is 17.3 Å². The number of nitrogens with zero attached hydrogens (tertiary/aromatic N) is 2. The lowest BCUT2D eigenvalue weighted by Crippen LogP contribution is -2.37. The molecule has 1 aliphatic heterocycles. The van der Waals surface area contributed by atoms with Crippen molar-refractivity contribution < 1.29 is 24.3 Å². The van der Waals surface area contributed by atoms with Crippen LogP contribution in [-0.2, 0) is 20.0 Å². The molecule has 0 radical (unpaired) electrons. The minimum Gasteiger partial charge on any atom is -0.505 e. The third-order valence-electron chi connectivity index (χ3n) is 4.19. The lowest BCUT2D eigenvalue weighted by molar-refractivity contribution is 0.0699. The summed E-state index contributed by atoms with van der Waals surface area (Å²) in [6, 6.07) is 3.95. The normalized spacial score (nSPS) is 13.5. The Hall–Kier alpha value is -2.87. The smallest absolute Gasteiger partial charge is 0.274 e. The lowest BCUT2D eigenvalue weighted by Gasteiger charge is -2.29. The molecule has 24 heavy (non-hydrogen) atoms. The number of carbonyl (C=O) groups is 2. The van der Waals surface area contributed by atoms with Crippen molar-refractivity contribution in [3.63, 3.8) is 0 Å². The average molecular weight is 333 g/mol. The molecule has 7 nitrogen and oxygen atoms in total. The first-order valence-corrected chi connectivity index (χ1v) is 7.31. The fourth-order valence-corrected chi connectivity index (χ4v) is 2.91. The average Bonchev–Trinajstić information content (AvgIpc) is 2.91. The number of nitrogens with one attached hydrogen (secondary N) is 1. The third-order valence-corrected chi connectivity index (χ3v) is 4.19. The molecule has 2 amide bonds. The van der Waals surface area contributed by atoms with E-state index in [0.29, 0.717) is 24.1 Å². The molecule has 0 unspecified atom stereocenters. The van der Waals surface area contributed by atoms with E-state index in [9.17, 15) is 19.1 Å². The molecular weight excluding hydrogens is 317 g/mol. The minimum atomic E-state index is -0.788. The summed E-state index contributed by atoms with van der Waals surface area (Å²) in [6.45, 7) is 0.381. The molecule has 3 rings (SSSR count). The number of carbonyl (C=O) groups excluding carboxylic acids is 2. The predicted octanol–water partition coefficient (Wildman–Crippen LogP) is 1.19. The van der Waals surface area contributed by atoms with Crippen LogP contribution >= 0.6 is 0 Å². The van der Waals surface area contributed by atoms with Gasteiger partial charge in [-0.1, -0.05) is 0 Å². The molecule has 2 aromatic rings. The van der Waals surface area contributed by atoms with Gasteiger partial charge < -0.3 is 14.6 Å². The SMILES string of the molecule is Cn1ccc(O)c1C(=O)N1CCc2cc(C(=O)NO)cc(F)c2C1. The number of rotatable bonds is 2. The van der Waals surface area contributed by atoms with Crippen LogP contribution in [0.2, 0.25) is 0 Å². The fraction of sp³-hybridized carbons (Fsp3) is 0.250. The van der Waals surface area contributed by atoms with Crippen molar-refractivity contribution in [2.75, 3.05) is 6.54 Å². The van der Waals surface area contributed by atoms with Gasteiger partial charge in [0.2, 0.25) is 0 Å². The molecule has 1 aromatic heterocycles. The number of hydrogen-bond donors (Lipinski definition) is 3. The van der Waals surface area contributed by atoms with E-state index in [-0.39, 0.29) is 29.5 Å². The second kappa shape index (κ2) is 5.97. The zero-order valence-electron chi connectivity index (χ0n) is 12.9. The Morgan fingerprint density at radius 1 is 1.33 bits per heavy atom. The highest BCUT2D eigenvalue weighted by atomic mass is 19.1. The minimum absolute atomic E-state index is 0.0219. The monoisotopic (exact) mass is 333 g/mol. The van der Waals surface area contributed by atoms with Crippen LogP contribution in [0.25, 0.3) is 0 Å². The maximum atomic E-state index is 14.3. The van der Waals surface area contributed by atoms with Crippen molar-refractivity contribution in [3.8, 4) is 5.75 Å². The number of hydrogen-bond acceptors (Lipinski definition) is 4. The van der Waals surface area contributed by atoms with E-state index in [4.69, 9.17) is 5.21 Å². The quantitative estimate of drug-likeness (QED) is 0.568. The fourth-order valence-electron chi connectivity index (χ4n) is 2.91. The Kier molecular flexibility index (Phi) is 3.98. The highest BCUT2D eigenvalue weighted by molar-refractivity contribution is 5.96. The topological polar surface area (TPSA) is 94.8 Å². The molecule has 1 aliphatic rings. The Labute approximate surface area is 136 Å². The van der Waals surface area contributed by atoms with Crippen LogP contribution in [-0.4, -0.2) is 38.1 Å². The van der Waals surface area contributed by atoms with Gasteiger partial charge in [-0.05, 0) is 30.2 Å². The van der Waals surface area contributed by atoms with Crippen molar-refractivity contribution in [2.45, 2.75) is 13.0 Å². The summed E-state index contributed by atoms with van der Waals surface area (Å²) in [5, 5.41) is 18.5. The van der Waals surface area contributed by atoms with Crippen LogP contribution in [0.15, 0.2) is 24.4 Å². The van der Waals surface area contributed by atoms with E-state index in [1.165, 1.54) is 27.1 Å². The first-order valence-electron chi connectivity index (χ1n) is 7.31. The molecule has 0 aliphatic carbocycles. The summed E-state index contributed by atoms with van der Waals surface area (Å²) in [4.78, 5) is 25.5. The number of fused-ring (bicyclic) bond motifs is 1. The van der Waals surface area contributed by atoms with Crippen LogP contribution in [0.3, 0.4) is 0 Å². The van der Waals surface area contributed by atoms with Crippen LogP contribution < -0.4 is 5.48 Å². The standard InChI is InChI=1S/C16H16FN3O4/c1-19-4-3-13(21)14(19)16(23)20-5-2-9-6-10(15(22)18-24)7-12(17)11(9)8-20/h3-4,6-7,21,24H,2,5,8H2,1H3,(H,18,22). The predicted molar refractivity (Wildman–Crippen MR) is 81.2 cm³/mol. The molecule has 0 spiro atoms. The molecule has 3 N–H and O–H groups in total. The van der Waals surface area contributed by atoms with Crippen LogP contribution in [0.5, 0.6) is 5.75 Å². The number of aromatic hydroxyl groups is 1. The van der Waals surface area contributed by atoms with Crippen molar-refractivity contribution in [1.29, 1.82) is 0 Å². The second-order valence-electron chi connectivity index (χ2n) is 5.67. The summed E-state index contributed by atoms with van der Waals surface area (Å²) < 4.78 is 15.8. The van der Waals surface area contributed by atoms with Crippen molar-refractivity contribution in [1.82, 2.24) is 14.9 Å². The lowest BCUT2D eigenvalue weighted by atomic mass is 9.96. The molecule has 0 saturated carbocycles. The van der Waals surface area contributed by atoms with Crippen LogP contribution in [0.4, 0.5) is 4.39 Å². The Bertz CT molecular complexity index is 811. The van der Waals surface area contributed by atoms with Gasteiger partial charge in [-0.2, -0.15) is 0 Å². The second-order valence-corrected chi connectivity index (χ2v) is 5.67. The summed E-state index contributed by atoms with van der Waals surface area (Å²) >= 11 is 0. The summed E-state index contributed by atoms with van der Waals surface area (Å²) in [7, 11) is 1.64. The summed E-state index contributed by atoms with van der Waals surface area (Å²) in [5.74, 6) is -1.91. The number of halogens is 1. The van der Waals surface area contributed by atoms with Gasteiger partial charge >= 0.3 is 0 Å². The van der Waals surface area contributed by atoms with E-state index in [1.54, 1.807) is 13.2 Å². The number of amides is 2. The van der Waals surface area contributed by atoms with Crippen LogP contribution in [0, 0.1) is 5.82 Å². The van der Waals surface area contributed by atoms with Crippen molar-refractivity contribution in [2.24, 2.45) is 7.05 Å². The van der Waals surface area contributed by atoms with Crippen LogP contribution in [0.1, 0.15) is 32.0 Å². The Morgan fingerprint density at radius 3 is 2.71 bits per heavy atom. The number of aryl methyl sites for hydroxylation is 1. The van der Waals surface area contributed by atoms with Gasteiger partial charge in [-0.15, -0.1) is 0 Å². The number of aromatic nitrogens is 1. The van der Waals surface area contributed by atoms with Gasteiger partial charge in [-0.25, -0.2) is 9.87 Å². The van der Waals surface area contributed by atoms with Gasteiger partial charge in [0.05, 0.1) is 0 Å². The molecule has 0 bridgehead atoms. The first kappa shape index (κ1) is 16.0. The molecule has 8 heteroatoms. The molecule has 0 fully saturated rings. The largest absolute Gasteiger partial charge is 0.505 e. The van der Waals surface area contributed by atoms with Gasteiger partial charge in [-0.3, -0.25) is 14.8 Å². The van der Waals surface area contributed by atoms with Gasteiger partial charge in [0, 0.05) is 37.5 Å². The maximum Gasteiger partial charge on any atom is 0.274 e. The Morgan fingerprint density at radius 2 is 2.08 bits per heavy atom. The van der Waals surface area contributed by atoms with Crippen molar-refractivity contribution in [3.05, 3.63) is 52.6 Å². The zero-order valence-corrected chi connectivity index (χ0v) is 12.9. The van der Waals surface area contributed by atoms with Gasteiger partial charge in [0.15, 0.2) is 0 Å². The number of hydroxylamine groups is 1. The molecule has 1 aromatic carbocycles. The summed E-state index contributed by atoms with van der Waals surface area (Å²) in [5.41, 5.74) is 2.59. The van der Waals surface area contributed by atoms with E-state index < -0.39 is 11.7 Å². The molecular formula is C16H16FN3O4.